The van der Waals surface area contributed by atoms with Crippen molar-refractivity contribution < 1.29 is 0 Å². The predicted molar refractivity (Wildman–Crippen MR) is 58.4 cm³/mol. The Kier molecular flexibility index (Phi) is 2.47. The van der Waals surface area contributed by atoms with Gasteiger partial charge in [-0.1, -0.05) is 18.2 Å². The summed E-state index contributed by atoms with van der Waals surface area (Å²) in [5.74, 6) is 0. The summed E-state index contributed by atoms with van der Waals surface area (Å²) in [5, 5.41) is 0. The average molecular weight is 241 g/mol. The second kappa shape index (κ2) is 3.58. The van der Waals surface area contributed by atoms with Gasteiger partial charge in [0.05, 0.1) is 3.79 Å². The Labute approximate surface area is 84.7 Å². The first-order valence-corrected chi connectivity index (χ1v) is 5.59. The molecule has 1 aliphatic rings. The molecule has 1 aromatic heterocycles. The monoisotopic (exact) mass is 240 g/mol. The fraction of sp³-hybridized carbons (Fsp3) is 0.200. The van der Waals surface area contributed by atoms with Crippen LogP contribution < -0.4 is 0 Å². The molecular formula is C10H9BrS. The molecule has 0 aliphatic heterocycles. The summed E-state index contributed by atoms with van der Waals surface area (Å²) in [6, 6.07) is 4.26. The van der Waals surface area contributed by atoms with Crippen LogP contribution in [0, 0.1) is 0 Å². The zero-order valence-electron chi connectivity index (χ0n) is 6.59. The Bertz CT molecular complexity index is 333. The SMILES string of the molecule is Brc1ccc(C2=CCCC=C2)s1. The number of halogens is 1. The highest BCUT2D eigenvalue weighted by atomic mass is 79.9. The summed E-state index contributed by atoms with van der Waals surface area (Å²) in [4.78, 5) is 1.36. The van der Waals surface area contributed by atoms with Gasteiger partial charge in [0.25, 0.3) is 0 Å². The van der Waals surface area contributed by atoms with Crippen molar-refractivity contribution in [3.63, 3.8) is 0 Å². The van der Waals surface area contributed by atoms with Gasteiger partial charge in [0.2, 0.25) is 0 Å². The second-order valence-corrected chi connectivity index (χ2v) is 5.21. The Morgan fingerprint density at radius 3 is 2.75 bits per heavy atom. The Hall–Kier alpha value is -0.340. The van der Waals surface area contributed by atoms with E-state index in [0.717, 1.165) is 0 Å². The molecule has 1 heterocycles. The predicted octanol–water partition coefficient (Wildman–Crippen LogP) is 4.24. The van der Waals surface area contributed by atoms with Crippen molar-refractivity contribution in [3.05, 3.63) is 39.0 Å². The standard InChI is InChI=1S/C10H9BrS/c11-10-7-6-9(12-10)8-4-2-1-3-5-8/h2,4-7H,1,3H2. The Morgan fingerprint density at radius 2 is 2.17 bits per heavy atom. The molecule has 0 saturated heterocycles. The molecule has 0 bridgehead atoms. The lowest BCUT2D eigenvalue weighted by Gasteiger charge is -2.02. The highest BCUT2D eigenvalue weighted by molar-refractivity contribution is 9.11. The third-order valence-electron chi connectivity index (χ3n) is 1.85. The fourth-order valence-corrected chi connectivity index (χ4v) is 2.67. The maximum absolute atomic E-state index is 3.47. The summed E-state index contributed by atoms with van der Waals surface area (Å²) in [6.45, 7) is 0. The minimum absolute atomic E-state index is 1.18. The third kappa shape index (κ3) is 1.70. The van der Waals surface area contributed by atoms with Gasteiger partial charge in [-0.15, -0.1) is 11.3 Å². The Balaban J connectivity index is 2.30. The summed E-state index contributed by atoms with van der Waals surface area (Å²) >= 11 is 5.26. The summed E-state index contributed by atoms with van der Waals surface area (Å²) in [7, 11) is 0. The van der Waals surface area contributed by atoms with Crippen molar-refractivity contribution in [2.45, 2.75) is 12.8 Å². The first-order valence-electron chi connectivity index (χ1n) is 3.99. The van der Waals surface area contributed by atoms with E-state index >= 15 is 0 Å². The van der Waals surface area contributed by atoms with Crippen molar-refractivity contribution in [2.24, 2.45) is 0 Å². The first-order chi connectivity index (χ1) is 5.86. The van der Waals surface area contributed by atoms with Crippen LogP contribution in [0.3, 0.4) is 0 Å². The van der Waals surface area contributed by atoms with Crippen molar-refractivity contribution in [2.75, 3.05) is 0 Å². The van der Waals surface area contributed by atoms with Crippen molar-refractivity contribution >= 4 is 32.8 Å². The van der Waals surface area contributed by atoms with Crippen LogP contribution >= 0.6 is 27.3 Å². The molecule has 0 atom stereocenters. The van der Waals surface area contributed by atoms with Crippen LogP contribution in [-0.2, 0) is 0 Å². The van der Waals surface area contributed by atoms with Crippen molar-refractivity contribution in [3.8, 4) is 0 Å². The minimum Gasteiger partial charge on any atom is -0.128 e. The largest absolute Gasteiger partial charge is 0.128 e. The molecule has 1 aromatic rings. The van der Waals surface area contributed by atoms with Crippen LogP contribution in [0.25, 0.3) is 5.57 Å². The quantitative estimate of drug-likeness (QED) is 0.689. The first kappa shape index (κ1) is 8.27. The lowest BCUT2D eigenvalue weighted by molar-refractivity contribution is 1.04. The molecule has 0 N–H and O–H groups in total. The van der Waals surface area contributed by atoms with E-state index < -0.39 is 0 Å². The van der Waals surface area contributed by atoms with Gasteiger partial charge in [0.15, 0.2) is 0 Å². The summed E-state index contributed by atoms with van der Waals surface area (Å²) in [5.41, 5.74) is 1.37. The van der Waals surface area contributed by atoms with Crippen LogP contribution in [0.15, 0.2) is 34.1 Å². The van der Waals surface area contributed by atoms with E-state index in [1.54, 1.807) is 11.3 Å². The molecule has 1 aliphatic carbocycles. The third-order valence-corrected chi connectivity index (χ3v) is 3.53. The number of hydrogen-bond donors (Lipinski definition) is 0. The van der Waals surface area contributed by atoms with Crippen molar-refractivity contribution in [1.82, 2.24) is 0 Å². The number of thiophene rings is 1. The van der Waals surface area contributed by atoms with Crippen LogP contribution in [-0.4, -0.2) is 0 Å². The molecule has 0 aromatic carbocycles. The molecular weight excluding hydrogens is 232 g/mol. The maximum atomic E-state index is 3.47. The van der Waals surface area contributed by atoms with Crippen LogP contribution in [0.1, 0.15) is 17.7 Å². The molecule has 0 spiro atoms. The zero-order chi connectivity index (χ0) is 8.39. The maximum Gasteiger partial charge on any atom is 0.0705 e. The lowest BCUT2D eigenvalue weighted by Crippen LogP contribution is -1.80. The van der Waals surface area contributed by atoms with E-state index in [0.29, 0.717) is 0 Å². The van der Waals surface area contributed by atoms with Gasteiger partial charge in [0.1, 0.15) is 0 Å². The summed E-state index contributed by atoms with van der Waals surface area (Å²) < 4.78 is 1.21. The second-order valence-electron chi connectivity index (χ2n) is 2.74. The molecule has 0 saturated carbocycles. The smallest absolute Gasteiger partial charge is 0.0705 e. The normalized spacial score (nSPS) is 16.2. The summed E-state index contributed by atoms with van der Waals surface area (Å²) in [6.07, 6.45) is 9.13. The molecule has 12 heavy (non-hydrogen) atoms. The van der Waals surface area contributed by atoms with Crippen molar-refractivity contribution in [1.29, 1.82) is 0 Å². The van der Waals surface area contributed by atoms with E-state index in [9.17, 15) is 0 Å². The van der Waals surface area contributed by atoms with E-state index in [1.165, 1.54) is 27.1 Å². The molecule has 2 heteroatoms. The molecule has 0 nitrogen and oxygen atoms in total. The van der Waals surface area contributed by atoms with Gasteiger partial charge in [-0.25, -0.2) is 0 Å². The van der Waals surface area contributed by atoms with Gasteiger partial charge < -0.3 is 0 Å². The van der Waals surface area contributed by atoms with E-state index in [-0.39, 0.29) is 0 Å². The number of rotatable bonds is 1. The van der Waals surface area contributed by atoms with Crippen LogP contribution in [0.4, 0.5) is 0 Å². The van der Waals surface area contributed by atoms with Gasteiger partial charge in [-0.3, -0.25) is 0 Å². The van der Waals surface area contributed by atoms with E-state index in [4.69, 9.17) is 0 Å². The number of hydrogen-bond acceptors (Lipinski definition) is 1. The zero-order valence-corrected chi connectivity index (χ0v) is 8.99. The van der Waals surface area contributed by atoms with E-state index in [1.807, 2.05) is 0 Å². The van der Waals surface area contributed by atoms with E-state index in [2.05, 4.69) is 46.3 Å². The average Bonchev–Trinajstić information content (AvgIpc) is 2.54. The van der Waals surface area contributed by atoms with Gasteiger partial charge in [-0.05, 0) is 46.5 Å². The van der Waals surface area contributed by atoms with Gasteiger partial charge in [-0.2, -0.15) is 0 Å². The van der Waals surface area contributed by atoms with Gasteiger partial charge >= 0.3 is 0 Å². The molecule has 0 fully saturated rings. The fourth-order valence-electron chi connectivity index (χ4n) is 1.27. The molecule has 2 rings (SSSR count). The molecule has 0 unspecified atom stereocenters. The lowest BCUT2D eigenvalue weighted by atomic mass is 10.1. The van der Waals surface area contributed by atoms with Gasteiger partial charge in [0, 0.05) is 4.88 Å². The van der Waals surface area contributed by atoms with Crippen LogP contribution in [0.2, 0.25) is 0 Å². The molecule has 62 valence electrons. The number of allylic oxidation sites excluding steroid dienone is 4. The van der Waals surface area contributed by atoms with Crippen LogP contribution in [0.5, 0.6) is 0 Å². The minimum atomic E-state index is 1.18. The Morgan fingerprint density at radius 1 is 1.25 bits per heavy atom. The topological polar surface area (TPSA) is 0 Å². The molecule has 0 radical (unpaired) electrons. The highest BCUT2D eigenvalue weighted by Gasteiger charge is 2.03. The highest BCUT2D eigenvalue weighted by Crippen LogP contribution is 2.30. The molecule has 0 amide bonds.